The Morgan fingerprint density at radius 2 is 0.732 bits per heavy atom. The van der Waals surface area contributed by atoms with Crippen LogP contribution >= 0.6 is 0 Å². The number of ketones is 1. The van der Waals surface area contributed by atoms with E-state index in [2.05, 4.69) is 12.1 Å². The molecule has 0 radical (unpaired) electrons. The molecule has 0 saturated heterocycles. The normalized spacial score (nSPS) is 10.8. The lowest BCUT2D eigenvalue weighted by Crippen LogP contribution is -2.12. The van der Waals surface area contributed by atoms with Gasteiger partial charge in [0.05, 0.1) is 23.8 Å². The molecule has 0 unspecified atom stereocenters. The summed E-state index contributed by atoms with van der Waals surface area (Å²) in [6.07, 6.45) is 1.35. The molecular weight excluding hydrogens is 705 g/mol. The van der Waals surface area contributed by atoms with Crippen LogP contribution in [0.1, 0.15) is 92.9 Å². The van der Waals surface area contributed by atoms with Gasteiger partial charge in [-0.2, -0.15) is 0 Å². The first-order chi connectivity index (χ1) is 26.9. The zero-order chi connectivity index (χ0) is 39.9. The molecule has 0 aliphatic carbocycles. The first-order valence-corrected chi connectivity index (χ1v) is 18.2. The predicted octanol–water partition coefficient (Wildman–Crippen LogP) is 9.97. The monoisotopic (exact) mass is 746 g/mol. The lowest BCUT2D eigenvalue weighted by atomic mass is 9.97. The molecule has 0 aliphatic rings. The predicted molar refractivity (Wildman–Crippen MR) is 215 cm³/mol. The second-order valence-electron chi connectivity index (χ2n) is 13.8. The molecule has 8 nitrogen and oxygen atoms in total. The molecule has 6 aromatic carbocycles. The number of esters is 3. The van der Waals surface area contributed by atoms with E-state index < -0.39 is 17.9 Å². The van der Waals surface area contributed by atoms with E-state index in [-0.39, 0.29) is 5.78 Å². The van der Waals surface area contributed by atoms with Crippen molar-refractivity contribution in [3.63, 3.8) is 0 Å². The number of benzene rings is 6. The zero-order valence-corrected chi connectivity index (χ0v) is 32.2. The van der Waals surface area contributed by atoms with Crippen LogP contribution in [0.25, 0.3) is 0 Å². The number of aryl methyl sites for hydroxylation is 4. The van der Waals surface area contributed by atoms with Crippen LogP contribution in [0.2, 0.25) is 0 Å². The molecule has 6 rings (SSSR count). The highest BCUT2D eigenvalue weighted by Gasteiger charge is 2.17. The average molecular weight is 747 g/mol. The summed E-state index contributed by atoms with van der Waals surface area (Å²) in [7, 11) is 1.68. The second kappa shape index (κ2) is 17.1. The van der Waals surface area contributed by atoms with Crippen LogP contribution in [-0.2, 0) is 12.8 Å². The number of methoxy groups -OCH3 is 1. The largest absolute Gasteiger partial charge is 0.496 e. The molecule has 6 aromatic rings. The SMILES string of the molecule is COc1c(C)cc(Cc2cc(C)c(OC(=O)c3ccc(C(=O)Oc4ccc(Cc5ccc(OC(=O)c6ccc(C(C)=O)cc6)cc5)cc4)cc3)c(C)c2)cc1C. The van der Waals surface area contributed by atoms with Crippen LogP contribution in [0, 0.1) is 27.7 Å². The van der Waals surface area contributed by atoms with Gasteiger partial charge < -0.3 is 18.9 Å². The van der Waals surface area contributed by atoms with Crippen molar-refractivity contribution in [1.29, 1.82) is 0 Å². The molecule has 0 N–H and O–H groups in total. The molecular formula is C48H42O8. The fraction of sp³-hybridized carbons (Fsp3) is 0.167. The summed E-state index contributed by atoms with van der Waals surface area (Å²) in [6, 6.07) is 35.3. The van der Waals surface area contributed by atoms with Crippen molar-refractivity contribution in [2.45, 2.75) is 47.5 Å². The van der Waals surface area contributed by atoms with Gasteiger partial charge in [-0.1, -0.05) is 60.7 Å². The van der Waals surface area contributed by atoms with Gasteiger partial charge in [0.1, 0.15) is 23.0 Å². The standard InChI is InChI=1S/C48H42O8/c1-29-23-36(24-30(2)44(29)53-6)28-37-25-31(3)45(32(4)26-37)56-48(52)41-17-15-40(16-18-41)47(51)55-43-21-9-35(10-22-43)27-34-7-19-42(20-8-34)54-46(50)39-13-11-38(12-14-39)33(5)49/h7-26H,27-28H2,1-6H3. The molecule has 0 heterocycles. The van der Waals surface area contributed by atoms with Crippen molar-refractivity contribution in [3.8, 4) is 23.0 Å². The van der Waals surface area contributed by atoms with Gasteiger partial charge in [0, 0.05) is 5.56 Å². The first-order valence-electron chi connectivity index (χ1n) is 18.2. The van der Waals surface area contributed by atoms with Crippen LogP contribution in [0.4, 0.5) is 0 Å². The molecule has 0 aliphatic heterocycles. The molecule has 0 fully saturated rings. The molecule has 8 heteroatoms. The van der Waals surface area contributed by atoms with Crippen molar-refractivity contribution in [3.05, 3.63) is 188 Å². The van der Waals surface area contributed by atoms with Crippen LogP contribution in [0.5, 0.6) is 23.0 Å². The van der Waals surface area contributed by atoms with Gasteiger partial charge in [-0.25, -0.2) is 14.4 Å². The number of hydrogen-bond acceptors (Lipinski definition) is 8. The maximum Gasteiger partial charge on any atom is 0.343 e. The van der Waals surface area contributed by atoms with E-state index in [0.717, 1.165) is 51.1 Å². The minimum Gasteiger partial charge on any atom is -0.496 e. The Labute approximate surface area is 326 Å². The Balaban J connectivity index is 1.00. The molecule has 0 atom stereocenters. The average Bonchev–Trinajstić information content (AvgIpc) is 3.17. The quantitative estimate of drug-likeness (QED) is 0.0693. The summed E-state index contributed by atoms with van der Waals surface area (Å²) >= 11 is 0. The van der Waals surface area contributed by atoms with Crippen molar-refractivity contribution < 1.29 is 38.1 Å². The smallest absolute Gasteiger partial charge is 0.343 e. The summed E-state index contributed by atoms with van der Waals surface area (Å²) < 4.78 is 22.4. The van der Waals surface area contributed by atoms with Crippen molar-refractivity contribution in [1.82, 2.24) is 0 Å². The number of hydrogen-bond donors (Lipinski definition) is 0. The number of ether oxygens (including phenoxy) is 4. The van der Waals surface area contributed by atoms with Gasteiger partial charge in [-0.05, 0) is 153 Å². The van der Waals surface area contributed by atoms with E-state index in [0.29, 0.717) is 45.9 Å². The highest BCUT2D eigenvalue weighted by Crippen LogP contribution is 2.30. The van der Waals surface area contributed by atoms with Gasteiger partial charge in [-0.15, -0.1) is 0 Å². The fourth-order valence-corrected chi connectivity index (χ4v) is 6.66. The third-order valence-corrected chi connectivity index (χ3v) is 9.41. The fourth-order valence-electron chi connectivity index (χ4n) is 6.66. The molecule has 0 spiro atoms. The number of carbonyl (C=O) groups excluding carboxylic acids is 4. The van der Waals surface area contributed by atoms with E-state index in [9.17, 15) is 19.2 Å². The topological polar surface area (TPSA) is 105 Å². The highest BCUT2D eigenvalue weighted by atomic mass is 16.5. The van der Waals surface area contributed by atoms with E-state index in [1.54, 1.807) is 79.9 Å². The summed E-state index contributed by atoms with van der Waals surface area (Å²) in [5.74, 6) is 0.547. The molecule has 0 saturated carbocycles. The number of rotatable bonds is 12. The first kappa shape index (κ1) is 38.9. The lowest BCUT2D eigenvalue weighted by Gasteiger charge is -2.15. The Morgan fingerprint density at radius 3 is 1.09 bits per heavy atom. The Bertz CT molecular complexity index is 2360. The molecule has 0 amide bonds. The van der Waals surface area contributed by atoms with E-state index in [1.807, 2.05) is 64.1 Å². The maximum absolute atomic E-state index is 13.1. The molecule has 0 bridgehead atoms. The highest BCUT2D eigenvalue weighted by molar-refractivity contribution is 5.97. The van der Waals surface area contributed by atoms with Crippen molar-refractivity contribution >= 4 is 23.7 Å². The van der Waals surface area contributed by atoms with E-state index in [1.165, 1.54) is 12.5 Å². The van der Waals surface area contributed by atoms with Gasteiger partial charge in [0.25, 0.3) is 0 Å². The van der Waals surface area contributed by atoms with E-state index >= 15 is 0 Å². The van der Waals surface area contributed by atoms with Crippen LogP contribution < -0.4 is 18.9 Å². The van der Waals surface area contributed by atoms with Crippen LogP contribution in [0.3, 0.4) is 0 Å². The van der Waals surface area contributed by atoms with Crippen LogP contribution in [0.15, 0.2) is 121 Å². The molecule has 56 heavy (non-hydrogen) atoms. The Kier molecular flexibility index (Phi) is 11.9. The van der Waals surface area contributed by atoms with Gasteiger partial charge in [-0.3, -0.25) is 4.79 Å². The summed E-state index contributed by atoms with van der Waals surface area (Å²) in [5, 5.41) is 0. The van der Waals surface area contributed by atoms with Gasteiger partial charge in [0.15, 0.2) is 5.78 Å². The maximum atomic E-state index is 13.1. The second-order valence-corrected chi connectivity index (χ2v) is 13.8. The third-order valence-electron chi connectivity index (χ3n) is 9.41. The van der Waals surface area contributed by atoms with Crippen LogP contribution in [-0.4, -0.2) is 30.8 Å². The van der Waals surface area contributed by atoms with Gasteiger partial charge in [0.2, 0.25) is 0 Å². The Morgan fingerprint density at radius 1 is 0.411 bits per heavy atom. The summed E-state index contributed by atoms with van der Waals surface area (Å²) in [4.78, 5) is 50.0. The number of carbonyl (C=O) groups is 4. The third kappa shape index (κ3) is 9.46. The minimum absolute atomic E-state index is 0.0736. The summed E-state index contributed by atoms with van der Waals surface area (Å²) in [5.41, 5.74) is 9.65. The molecule has 0 aromatic heterocycles. The lowest BCUT2D eigenvalue weighted by molar-refractivity contribution is 0.0719. The minimum atomic E-state index is -0.554. The van der Waals surface area contributed by atoms with Crippen molar-refractivity contribution in [2.24, 2.45) is 0 Å². The summed E-state index contributed by atoms with van der Waals surface area (Å²) in [6.45, 7) is 9.40. The van der Waals surface area contributed by atoms with E-state index in [4.69, 9.17) is 18.9 Å². The number of Topliss-reactive ketones (excluding diaryl/α,β-unsaturated/α-hetero) is 1. The molecule has 282 valence electrons. The Hall–Kier alpha value is -6.80. The van der Waals surface area contributed by atoms with Crippen molar-refractivity contribution in [2.75, 3.05) is 7.11 Å². The van der Waals surface area contributed by atoms with Gasteiger partial charge >= 0.3 is 17.9 Å². The zero-order valence-electron chi connectivity index (χ0n) is 32.2.